The average molecular weight is 414 g/mol. The Labute approximate surface area is 181 Å². The van der Waals surface area contributed by atoms with Crippen LogP contribution in [0.4, 0.5) is 0 Å². The fourth-order valence-electron chi connectivity index (χ4n) is 4.02. The first-order valence-electron chi connectivity index (χ1n) is 11.6. The molecule has 0 atom stereocenters. The maximum atomic E-state index is 6.21. The molecule has 0 heterocycles. The van der Waals surface area contributed by atoms with Crippen LogP contribution < -0.4 is 0 Å². The number of hydrogen-bond donors (Lipinski definition) is 0. The van der Waals surface area contributed by atoms with Crippen LogP contribution in [0, 0.1) is 0 Å². The quantitative estimate of drug-likeness (QED) is 0.380. The summed E-state index contributed by atoms with van der Waals surface area (Å²) in [5, 5.41) is 2.73. The normalized spacial score (nSPS) is 12.4. The summed E-state index contributed by atoms with van der Waals surface area (Å²) in [5.74, 6) is 0. The van der Waals surface area contributed by atoms with Gasteiger partial charge in [0.25, 0.3) is 0 Å². The highest BCUT2D eigenvalue weighted by Crippen LogP contribution is 2.30. The van der Waals surface area contributed by atoms with Gasteiger partial charge in [-0.05, 0) is 91.3 Å². The Bertz CT molecular complexity index is 757. The minimum atomic E-state index is -1.05. The molecule has 2 rings (SSSR count). The van der Waals surface area contributed by atoms with Gasteiger partial charge in [-0.2, -0.15) is 0 Å². The Balaban J connectivity index is 2.26. The first-order chi connectivity index (χ1) is 13.8. The molecule has 0 bridgehead atoms. The molecule has 0 aliphatic rings. The second kappa shape index (κ2) is 11.3. The van der Waals surface area contributed by atoms with E-state index < -0.39 is 9.04 Å². The summed E-state index contributed by atoms with van der Waals surface area (Å²) in [6, 6.07) is 11.7. The Hall–Kier alpha value is -1.16. The predicted octanol–water partition coefficient (Wildman–Crippen LogP) is 6.69. The van der Waals surface area contributed by atoms with Gasteiger partial charge in [0.05, 0.1) is 6.61 Å². The first kappa shape index (κ1) is 24.1. The molecular formula is C26H43NOSi. The smallest absolute Gasteiger partial charge is 0.171 e. The van der Waals surface area contributed by atoms with Gasteiger partial charge >= 0.3 is 0 Å². The number of rotatable bonds is 11. The molecule has 0 amide bonds. The van der Waals surface area contributed by atoms with Crippen molar-refractivity contribution in [2.45, 2.75) is 85.4 Å². The molecule has 0 aromatic heterocycles. The largest absolute Gasteiger partial charge is 0.416 e. The lowest BCUT2D eigenvalue weighted by atomic mass is 9.85. The van der Waals surface area contributed by atoms with Crippen LogP contribution in [0.25, 0.3) is 10.8 Å². The van der Waals surface area contributed by atoms with E-state index in [1.54, 1.807) is 0 Å². The van der Waals surface area contributed by atoms with E-state index in [9.17, 15) is 0 Å². The minimum Gasteiger partial charge on any atom is -0.416 e. The van der Waals surface area contributed by atoms with Crippen molar-refractivity contribution in [2.24, 2.45) is 0 Å². The zero-order chi connectivity index (χ0) is 21.4. The standard InChI is InChI=1S/C26H43NOSi/c1-8-16-27(17-9-2)18-10-11-21-12-13-22-19-23(26(3,4)5)14-15-24(22)25(21)20-28-29(6)7/h12-15,19,29H,8-11,16-18,20H2,1-7H3. The summed E-state index contributed by atoms with van der Waals surface area (Å²) in [5.41, 5.74) is 4.47. The number of hydrogen-bond acceptors (Lipinski definition) is 2. The van der Waals surface area contributed by atoms with E-state index in [0.717, 1.165) is 13.0 Å². The van der Waals surface area contributed by atoms with Crippen molar-refractivity contribution in [2.75, 3.05) is 19.6 Å². The van der Waals surface area contributed by atoms with Gasteiger partial charge in [0.15, 0.2) is 9.04 Å². The van der Waals surface area contributed by atoms with Crippen LogP contribution in [0.15, 0.2) is 30.3 Å². The lowest BCUT2D eigenvalue weighted by Crippen LogP contribution is -2.27. The third-order valence-corrected chi connectivity index (χ3v) is 6.49. The van der Waals surface area contributed by atoms with Crippen molar-refractivity contribution >= 4 is 19.8 Å². The van der Waals surface area contributed by atoms with Crippen molar-refractivity contribution < 1.29 is 4.43 Å². The molecule has 2 aromatic rings. The number of nitrogens with zero attached hydrogens (tertiary/aromatic N) is 1. The second-order valence-corrected chi connectivity index (χ2v) is 12.1. The van der Waals surface area contributed by atoms with Crippen LogP contribution in [0.5, 0.6) is 0 Å². The summed E-state index contributed by atoms with van der Waals surface area (Å²) in [6.07, 6.45) is 4.84. The van der Waals surface area contributed by atoms with Crippen LogP contribution in [0.2, 0.25) is 13.1 Å². The molecule has 2 aromatic carbocycles. The van der Waals surface area contributed by atoms with Gasteiger partial charge in [0, 0.05) is 0 Å². The molecule has 0 aliphatic heterocycles. The van der Waals surface area contributed by atoms with Gasteiger partial charge in [0.1, 0.15) is 0 Å². The van der Waals surface area contributed by atoms with Crippen molar-refractivity contribution in [1.29, 1.82) is 0 Å². The van der Waals surface area contributed by atoms with Crippen LogP contribution >= 0.6 is 0 Å². The van der Waals surface area contributed by atoms with Crippen LogP contribution in [0.1, 0.15) is 70.6 Å². The van der Waals surface area contributed by atoms with Crippen LogP contribution in [-0.4, -0.2) is 33.6 Å². The molecule has 162 valence electrons. The monoisotopic (exact) mass is 413 g/mol. The number of aryl methyl sites for hydroxylation is 1. The fourth-order valence-corrected chi connectivity index (χ4v) is 4.52. The summed E-state index contributed by atoms with van der Waals surface area (Å²) in [6.45, 7) is 20.3. The minimum absolute atomic E-state index is 0.177. The zero-order valence-corrected chi connectivity index (χ0v) is 21.1. The Morgan fingerprint density at radius 2 is 1.62 bits per heavy atom. The van der Waals surface area contributed by atoms with E-state index in [0.29, 0.717) is 0 Å². The maximum absolute atomic E-state index is 6.21. The van der Waals surface area contributed by atoms with E-state index in [-0.39, 0.29) is 5.41 Å². The summed E-state index contributed by atoms with van der Waals surface area (Å²) in [7, 11) is -1.05. The molecule has 0 fully saturated rings. The summed E-state index contributed by atoms with van der Waals surface area (Å²) in [4.78, 5) is 2.62. The first-order valence-corrected chi connectivity index (χ1v) is 14.4. The van der Waals surface area contributed by atoms with Crippen molar-refractivity contribution in [1.82, 2.24) is 4.90 Å². The molecule has 0 saturated carbocycles. The lowest BCUT2D eigenvalue weighted by molar-refractivity contribution is 0.271. The van der Waals surface area contributed by atoms with E-state index in [1.165, 1.54) is 66.4 Å². The molecular weight excluding hydrogens is 370 g/mol. The van der Waals surface area contributed by atoms with Crippen LogP contribution in [-0.2, 0) is 22.9 Å². The zero-order valence-electron chi connectivity index (χ0n) is 20.0. The van der Waals surface area contributed by atoms with Gasteiger partial charge < -0.3 is 9.33 Å². The van der Waals surface area contributed by atoms with E-state index in [4.69, 9.17) is 4.43 Å². The van der Waals surface area contributed by atoms with Crippen LogP contribution in [0.3, 0.4) is 0 Å². The molecule has 0 saturated heterocycles. The van der Waals surface area contributed by atoms with Crippen molar-refractivity contribution in [3.05, 3.63) is 47.0 Å². The third kappa shape index (κ3) is 7.23. The lowest BCUT2D eigenvalue weighted by Gasteiger charge is -2.22. The second-order valence-electron chi connectivity index (χ2n) is 9.69. The molecule has 0 N–H and O–H groups in total. The van der Waals surface area contributed by atoms with Gasteiger partial charge in [0.2, 0.25) is 0 Å². The fraction of sp³-hybridized carbons (Fsp3) is 0.615. The highest BCUT2D eigenvalue weighted by Gasteiger charge is 2.16. The maximum Gasteiger partial charge on any atom is 0.171 e. The average Bonchev–Trinajstić information content (AvgIpc) is 2.65. The van der Waals surface area contributed by atoms with Gasteiger partial charge in [-0.1, -0.05) is 65.0 Å². The Morgan fingerprint density at radius 3 is 2.21 bits per heavy atom. The van der Waals surface area contributed by atoms with Gasteiger partial charge in [-0.3, -0.25) is 0 Å². The topological polar surface area (TPSA) is 12.5 Å². The highest BCUT2D eigenvalue weighted by atomic mass is 28.3. The van der Waals surface area contributed by atoms with E-state index in [2.05, 4.69) is 82.9 Å². The molecule has 0 aliphatic carbocycles. The summed E-state index contributed by atoms with van der Waals surface area (Å²) < 4.78 is 6.21. The molecule has 3 heteroatoms. The number of benzene rings is 2. The molecule has 2 nitrogen and oxygen atoms in total. The summed E-state index contributed by atoms with van der Waals surface area (Å²) >= 11 is 0. The number of fused-ring (bicyclic) bond motifs is 1. The third-order valence-electron chi connectivity index (χ3n) is 5.66. The predicted molar refractivity (Wildman–Crippen MR) is 132 cm³/mol. The molecule has 0 spiro atoms. The van der Waals surface area contributed by atoms with E-state index >= 15 is 0 Å². The Kier molecular flexibility index (Phi) is 9.38. The molecule has 29 heavy (non-hydrogen) atoms. The van der Waals surface area contributed by atoms with Gasteiger partial charge in [-0.25, -0.2) is 0 Å². The van der Waals surface area contributed by atoms with Crippen molar-refractivity contribution in [3.8, 4) is 0 Å². The van der Waals surface area contributed by atoms with Gasteiger partial charge in [-0.15, -0.1) is 0 Å². The SMILES string of the molecule is CCCN(CCC)CCCc1ccc2cc(C(C)(C)C)ccc2c1CO[SiH](C)C. The highest BCUT2D eigenvalue weighted by molar-refractivity contribution is 6.48. The Morgan fingerprint density at radius 1 is 0.931 bits per heavy atom. The van der Waals surface area contributed by atoms with Crippen molar-refractivity contribution in [3.63, 3.8) is 0 Å². The van der Waals surface area contributed by atoms with E-state index in [1.807, 2.05) is 0 Å². The molecule has 0 radical (unpaired) electrons. The molecule has 0 unspecified atom stereocenters.